The van der Waals surface area contributed by atoms with Crippen LogP contribution in [-0.4, -0.2) is 51.8 Å². The van der Waals surface area contributed by atoms with Crippen molar-refractivity contribution in [2.45, 2.75) is 18.2 Å². The second-order valence-corrected chi connectivity index (χ2v) is 8.26. The van der Waals surface area contributed by atoms with Crippen molar-refractivity contribution in [1.82, 2.24) is 10.6 Å². The van der Waals surface area contributed by atoms with Crippen LogP contribution in [0.2, 0.25) is 0 Å². The van der Waals surface area contributed by atoms with E-state index in [2.05, 4.69) is 27.8 Å². The van der Waals surface area contributed by atoms with E-state index >= 15 is 0 Å². The van der Waals surface area contributed by atoms with Crippen LogP contribution in [0, 0.1) is 0 Å². The molecule has 0 saturated carbocycles. The molecule has 0 fully saturated rings. The van der Waals surface area contributed by atoms with Crippen LogP contribution in [0.5, 0.6) is 0 Å². The van der Waals surface area contributed by atoms with Crippen molar-refractivity contribution in [1.29, 1.82) is 0 Å². The molecule has 0 radical (unpaired) electrons. The molecule has 0 spiro atoms. The predicted molar refractivity (Wildman–Crippen MR) is 95.5 cm³/mol. The Morgan fingerprint density at radius 3 is 2.59 bits per heavy atom. The molecule has 7 heteroatoms. The fourth-order valence-electron chi connectivity index (χ4n) is 1.71. The van der Waals surface area contributed by atoms with Gasteiger partial charge < -0.3 is 10.6 Å². The molecule has 1 aromatic rings. The second kappa shape index (κ2) is 10.5. The van der Waals surface area contributed by atoms with Crippen LogP contribution in [0.1, 0.15) is 13.3 Å². The number of nitrogens with zero attached hydrogens (tertiary/aromatic N) is 1. The number of sulfone groups is 1. The normalized spacial score (nSPS) is 12.2. The number of hydrogen-bond donors (Lipinski definition) is 2. The molecule has 0 saturated heterocycles. The van der Waals surface area contributed by atoms with Crippen molar-refractivity contribution >= 4 is 27.6 Å². The highest BCUT2D eigenvalue weighted by Gasteiger charge is 2.01. The minimum Gasteiger partial charge on any atom is -0.357 e. The third-order valence-corrected chi connectivity index (χ3v) is 4.74. The number of nitrogens with one attached hydrogen (secondary N) is 2. The molecule has 0 unspecified atom stereocenters. The lowest BCUT2D eigenvalue weighted by Crippen LogP contribution is -2.38. The van der Waals surface area contributed by atoms with Crippen molar-refractivity contribution in [3.63, 3.8) is 0 Å². The molecule has 1 rings (SSSR count). The Morgan fingerprint density at radius 1 is 1.23 bits per heavy atom. The third-order valence-electron chi connectivity index (χ3n) is 2.69. The Hall–Kier alpha value is -1.21. The van der Waals surface area contributed by atoms with E-state index in [1.807, 2.05) is 25.1 Å². The Balaban J connectivity index is 2.27. The van der Waals surface area contributed by atoms with Gasteiger partial charge in [-0.2, -0.15) is 0 Å². The first-order valence-corrected chi connectivity index (χ1v) is 10.4. The van der Waals surface area contributed by atoms with Gasteiger partial charge in [-0.3, -0.25) is 4.99 Å². The maximum Gasteiger partial charge on any atom is 0.191 e. The number of guanidine groups is 1. The zero-order valence-corrected chi connectivity index (χ0v) is 14.8. The number of thioether (sulfide) groups is 1. The van der Waals surface area contributed by atoms with Gasteiger partial charge in [0.15, 0.2) is 5.96 Å². The summed E-state index contributed by atoms with van der Waals surface area (Å²) in [4.78, 5) is 5.63. The topological polar surface area (TPSA) is 70.6 Å². The highest BCUT2D eigenvalue weighted by molar-refractivity contribution is 7.99. The Kier molecular flexibility index (Phi) is 9.00. The van der Waals surface area contributed by atoms with Crippen molar-refractivity contribution < 1.29 is 8.42 Å². The molecule has 0 aromatic heterocycles. The standard InChI is InChI=1S/C15H25N3O2S2/c1-3-16-15(17-10-7-13-22(2,19)20)18-11-12-21-14-8-5-4-6-9-14/h4-6,8-9H,3,7,10-13H2,1-2H3,(H2,16,17,18). The molecule has 22 heavy (non-hydrogen) atoms. The fraction of sp³-hybridized carbons (Fsp3) is 0.533. The molecular weight excluding hydrogens is 318 g/mol. The highest BCUT2D eigenvalue weighted by atomic mass is 32.2. The minimum absolute atomic E-state index is 0.180. The molecule has 0 heterocycles. The average Bonchev–Trinajstić information content (AvgIpc) is 2.48. The number of benzene rings is 1. The molecule has 0 bridgehead atoms. The van der Waals surface area contributed by atoms with Crippen LogP contribution in [0.4, 0.5) is 0 Å². The van der Waals surface area contributed by atoms with Crippen molar-refractivity contribution in [3.8, 4) is 0 Å². The molecule has 5 nitrogen and oxygen atoms in total. The first-order valence-electron chi connectivity index (χ1n) is 7.39. The molecule has 124 valence electrons. The lowest BCUT2D eigenvalue weighted by atomic mass is 10.4. The summed E-state index contributed by atoms with van der Waals surface area (Å²) in [5.41, 5.74) is 0. The summed E-state index contributed by atoms with van der Waals surface area (Å²) in [5, 5.41) is 6.42. The van der Waals surface area contributed by atoms with E-state index in [9.17, 15) is 8.42 Å². The summed E-state index contributed by atoms with van der Waals surface area (Å²) in [6, 6.07) is 10.3. The molecular formula is C15H25N3O2S2. The molecule has 0 atom stereocenters. The van der Waals surface area contributed by atoms with Crippen LogP contribution in [0.15, 0.2) is 40.2 Å². The van der Waals surface area contributed by atoms with Gasteiger partial charge in [0.2, 0.25) is 0 Å². The lowest BCUT2D eigenvalue weighted by molar-refractivity contribution is 0.599. The van der Waals surface area contributed by atoms with E-state index in [0.717, 1.165) is 24.8 Å². The monoisotopic (exact) mass is 343 g/mol. The van der Waals surface area contributed by atoms with Crippen molar-refractivity contribution in [2.75, 3.05) is 37.4 Å². The zero-order chi connectivity index (χ0) is 16.3. The van der Waals surface area contributed by atoms with Crippen LogP contribution < -0.4 is 10.6 Å². The molecule has 0 aliphatic heterocycles. The molecule has 0 amide bonds. The van der Waals surface area contributed by atoms with Gasteiger partial charge in [-0.25, -0.2) is 8.42 Å². The SMILES string of the molecule is CCNC(=NCCCS(C)(=O)=O)NCCSc1ccccc1. The smallest absolute Gasteiger partial charge is 0.191 e. The first kappa shape index (κ1) is 18.8. The maximum absolute atomic E-state index is 11.1. The Morgan fingerprint density at radius 2 is 1.95 bits per heavy atom. The van der Waals surface area contributed by atoms with E-state index in [1.165, 1.54) is 11.2 Å². The average molecular weight is 344 g/mol. The van der Waals surface area contributed by atoms with E-state index < -0.39 is 9.84 Å². The van der Waals surface area contributed by atoms with Crippen LogP contribution in [-0.2, 0) is 9.84 Å². The van der Waals surface area contributed by atoms with Gasteiger partial charge in [0.1, 0.15) is 9.84 Å². The summed E-state index contributed by atoms with van der Waals surface area (Å²) in [5.74, 6) is 1.86. The largest absolute Gasteiger partial charge is 0.357 e. The van der Waals surface area contributed by atoms with Gasteiger partial charge >= 0.3 is 0 Å². The molecule has 0 aliphatic carbocycles. The highest BCUT2D eigenvalue weighted by Crippen LogP contribution is 2.15. The summed E-state index contributed by atoms with van der Waals surface area (Å²) >= 11 is 1.79. The predicted octanol–water partition coefficient (Wildman–Crippen LogP) is 1.77. The summed E-state index contributed by atoms with van der Waals surface area (Å²) < 4.78 is 22.1. The van der Waals surface area contributed by atoms with Gasteiger partial charge in [-0.15, -0.1) is 11.8 Å². The minimum atomic E-state index is -2.90. The third kappa shape index (κ3) is 9.68. The fourth-order valence-corrected chi connectivity index (χ4v) is 3.16. The Labute approximate surface area is 137 Å². The van der Waals surface area contributed by atoms with Crippen LogP contribution >= 0.6 is 11.8 Å². The van der Waals surface area contributed by atoms with Crippen LogP contribution in [0.25, 0.3) is 0 Å². The van der Waals surface area contributed by atoms with E-state index in [-0.39, 0.29) is 5.75 Å². The maximum atomic E-state index is 11.1. The first-order chi connectivity index (χ1) is 10.5. The van der Waals surface area contributed by atoms with E-state index in [1.54, 1.807) is 11.8 Å². The van der Waals surface area contributed by atoms with E-state index in [0.29, 0.717) is 13.0 Å². The van der Waals surface area contributed by atoms with Crippen molar-refractivity contribution in [3.05, 3.63) is 30.3 Å². The number of hydrogen-bond acceptors (Lipinski definition) is 4. The molecule has 0 aliphatic rings. The quantitative estimate of drug-likeness (QED) is 0.309. The second-order valence-electron chi connectivity index (χ2n) is 4.83. The zero-order valence-electron chi connectivity index (χ0n) is 13.2. The summed E-state index contributed by atoms with van der Waals surface area (Å²) in [7, 11) is -2.90. The number of rotatable bonds is 9. The van der Waals surface area contributed by atoms with Gasteiger partial charge in [-0.05, 0) is 25.5 Å². The van der Waals surface area contributed by atoms with Gasteiger partial charge in [0.05, 0.1) is 5.75 Å². The van der Waals surface area contributed by atoms with E-state index in [4.69, 9.17) is 0 Å². The van der Waals surface area contributed by atoms with Crippen LogP contribution in [0.3, 0.4) is 0 Å². The van der Waals surface area contributed by atoms with Gasteiger partial charge in [0.25, 0.3) is 0 Å². The van der Waals surface area contributed by atoms with Gasteiger partial charge in [0, 0.05) is 36.5 Å². The Bertz CT molecular complexity index is 545. The summed E-state index contributed by atoms with van der Waals surface area (Å²) in [6.07, 6.45) is 1.80. The summed E-state index contributed by atoms with van der Waals surface area (Å²) in [6.45, 7) is 4.10. The van der Waals surface area contributed by atoms with Gasteiger partial charge in [-0.1, -0.05) is 18.2 Å². The molecule has 1 aromatic carbocycles. The molecule has 2 N–H and O–H groups in total. The lowest BCUT2D eigenvalue weighted by Gasteiger charge is -2.11. The number of aliphatic imine (C=N–C) groups is 1. The van der Waals surface area contributed by atoms with Crippen molar-refractivity contribution in [2.24, 2.45) is 4.99 Å².